The molecule has 0 spiro atoms. The molecule has 0 aliphatic carbocycles. The number of aliphatic hydroxyl groups excluding tert-OH is 4. The van der Waals surface area contributed by atoms with Crippen molar-refractivity contribution in [2.45, 2.75) is 93.8 Å². The van der Waals surface area contributed by atoms with Gasteiger partial charge in [0.05, 0.1) is 12.6 Å². The Morgan fingerprint density at radius 3 is 2.50 bits per heavy atom. The minimum absolute atomic E-state index is 0.109. The molecule has 2 saturated heterocycles. The summed E-state index contributed by atoms with van der Waals surface area (Å²) < 4.78 is 5.19. The quantitative estimate of drug-likeness (QED) is 0.106. The van der Waals surface area contributed by atoms with E-state index in [4.69, 9.17) is 10.5 Å². The van der Waals surface area contributed by atoms with E-state index in [1.165, 1.54) is 11.8 Å². The first-order valence-electron chi connectivity index (χ1n) is 12.3. The van der Waals surface area contributed by atoms with Gasteiger partial charge in [0.15, 0.2) is 5.79 Å². The van der Waals surface area contributed by atoms with Crippen LogP contribution < -0.4 is 16.4 Å². The van der Waals surface area contributed by atoms with Crippen LogP contribution in [-0.4, -0.2) is 128 Å². The first-order chi connectivity index (χ1) is 16.9. The number of carbonyl (C=O) groups excluding carboxylic acids is 2. The number of nitrogens with zero attached hydrogens (tertiary/aromatic N) is 1. The van der Waals surface area contributed by atoms with Gasteiger partial charge < -0.3 is 56.6 Å². The molecule has 2 aliphatic rings. The lowest BCUT2D eigenvalue weighted by atomic mass is 9.91. The van der Waals surface area contributed by atoms with Crippen LogP contribution in [-0.2, 0) is 19.1 Å². The Balaban J connectivity index is 1.64. The Morgan fingerprint density at radius 1 is 1.17 bits per heavy atom. The number of amides is 2. The lowest BCUT2D eigenvalue weighted by Gasteiger charge is -2.45. The highest BCUT2D eigenvalue weighted by Crippen LogP contribution is 2.30. The number of carboxylic acid groups (broad SMARTS) is 1. The zero-order chi connectivity index (χ0) is 27.0. The van der Waals surface area contributed by atoms with Crippen LogP contribution in [0.4, 0.5) is 0 Å². The largest absolute Gasteiger partial charge is 0.480 e. The van der Waals surface area contributed by atoms with Gasteiger partial charge in [0.1, 0.15) is 36.5 Å². The van der Waals surface area contributed by atoms with Crippen LogP contribution in [0, 0.1) is 0 Å². The number of hydrogen-bond donors (Lipinski definition) is 9. The lowest BCUT2D eigenvalue weighted by molar-refractivity contribution is -0.350. The summed E-state index contributed by atoms with van der Waals surface area (Å²) in [4.78, 5) is 37.4. The van der Waals surface area contributed by atoms with Crippen LogP contribution in [0.15, 0.2) is 0 Å². The second-order valence-electron chi connectivity index (χ2n) is 9.47. The van der Waals surface area contributed by atoms with E-state index in [1.807, 2.05) is 0 Å². The number of aliphatic hydroxyl groups is 5. The zero-order valence-corrected chi connectivity index (χ0v) is 20.5. The van der Waals surface area contributed by atoms with Crippen LogP contribution in [0.25, 0.3) is 0 Å². The average molecular weight is 521 g/mol. The Morgan fingerprint density at radius 2 is 1.86 bits per heavy atom. The normalized spacial score (nSPS) is 32.2. The molecule has 8 atom stereocenters. The first kappa shape index (κ1) is 30.3. The highest BCUT2D eigenvalue weighted by atomic mass is 16.7. The highest BCUT2D eigenvalue weighted by molar-refractivity contribution is 5.91. The fourth-order valence-corrected chi connectivity index (χ4v) is 4.48. The van der Waals surface area contributed by atoms with E-state index in [0.29, 0.717) is 45.2 Å². The van der Waals surface area contributed by atoms with Crippen molar-refractivity contribution in [1.29, 1.82) is 0 Å². The average Bonchev–Trinajstić information content (AvgIpc) is 3.34. The smallest absolute Gasteiger partial charge is 0.326 e. The van der Waals surface area contributed by atoms with Gasteiger partial charge in [-0.05, 0) is 39.2 Å². The SMILES string of the molecule is CC(NC(=O)[C@@H](N)CCCCNCCC1(O)O[C@H](CO)[C@H](O)[C@H](O)[C@H]1O)C(=O)N1CCC[C@H]1C(=O)O. The highest BCUT2D eigenvalue weighted by Gasteiger charge is 2.52. The number of hydrogen-bond acceptors (Lipinski definition) is 11. The number of carboxylic acids is 1. The second kappa shape index (κ2) is 13.6. The zero-order valence-electron chi connectivity index (χ0n) is 20.5. The molecule has 0 aromatic rings. The monoisotopic (exact) mass is 520 g/mol. The number of nitrogens with one attached hydrogen (secondary N) is 2. The fraction of sp³-hybridized carbons (Fsp3) is 0.864. The maximum Gasteiger partial charge on any atom is 0.326 e. The molecule has 10 N–H and O–H groups in total. The van der Waals surface area contributed by atoms with Crippen molar-refractivity contribution in [3.63, 3.8) is 0 Å². The Labute approximate surface area is 209 Å². The number of ether oxygens (including phenoxy) is 1. The van der Waals surface area contributed by atoms with Gasteiger partial charge in [-0.2, -0.15) is 0 Å². The number of aliphatic carboxylic acids is 1. The van der Waals surface area contributed by atoms with Gasteiger partial charge in [-0.15, -0.1) is 0 Å². The van der Waals surface area contributed by atoms with Crippen molar-refractivity contribution in [3.8, 4) is 0 Å². The number of rotatable bonds is 13. The van der Waals surface area contributed by atoms with E-state index in [1.54, 1.807) is 0 Å². The molecule has 0 saturated carbocycles. The maximum absolute atomic E-state index is 12.5. The van der Waals surface area contributed by atoms with Crippen LogP contribution in [0.1, 0.15) is 45.4 Å². The molecule has 2 heterocycles. The maximum atomic E-state index is 12.5. The topological polar surface area (TPSA) is 235 Å². The summed E-state index contributed by atoms with van der Waals surface area (Å²) in [6, 6.07) is -2.61. The molecule has 14 nitrogen and oxygen atoms in total. The number of carbonyl (C=O) groups is 3. The molecule has 2 fully saturated rings. The third-order valence-corrected chi connectivity index (χ3v) is 6.72. The summed E-state index contributed by atoms with van der Waals surface area (Å²) >= 11 is 0. The standard InChI is InChI=1S/C22H40N4O10/c1-12(20(32)26-10-4-6-14(26)21(33)34)25-19(31)13(23)5-2-3-8-24-9-7-22(35)18(30)17(29)16(28)15(11-27)36-22/h12-18,24,27-30,35H,2-11,23H2,1H3,(H,25,31)(H,33,34)/t12?,13-,14-,15+,16-,17-,18+,22?/m0/s1. The van der Waals surface area contributed by atoms with Gasteiger partial charge in [-0.25, -0.2) is 4.79 Å². The Kier molecular flexibility index (Phi) is 11.4. The molecule has 14 heteroatoms. The van der Waals surface area contributed by atoms with Gasteiger partial charge in [0.25, 0.3) is 0 Å². The van der Waals surface area contributed by atoms with E-state index in [0.717, 1.165) is 0 Å². The summed E-state index contributed by atoms with van der Waals surface area (Å²) in [7, 11) is 0. The molecule has 0 bridgehead atoms. The van der Waals surface area contributed by atoms with E-state index >= 15 is 0 Å². The molecule has 2 amide bonds. The van der Waals surface area contributed by atoms with Crippen LogP contribution in [0.5, 0.6) is 0 Å². The lowest BCUT2D eigenvalue weighted by Crippen LogP contribution is -2.65. The van der Waals surface area contributed by atoms with Crippen molar-refractivity contribution in [2.75, 3.05) is 26.2 Å². The minimum atomic E-state index is -2.13. The molecule has 0 radical (unpaired) electrons. The van der Waals surface area contributed by atoms with Crippen LogP contribution >= 0.6 is 0 Å². The Hall–Kier alpha value is -1.91. The van der Waals surface area contributed by atoms with E-state index < -0.39 is 72.7 Å². The van der Waals surface area contributed by atoms with Crippen molar-refractivity contribution in [1.82, 2.24) is 15.5 Å². The van der Waals surface area contributed by atoms with E-state index in [2.05, 4.69) is 10.6 Å². The number of unbranched alkanes of at least 4 members (excludes halogenated alkanes) is 1. The van der Waals surface area contributed by atoms with E-state index in [-0.39, 0.29) is 13.0 Å². The van der Waals surface area contributed by atoms with Gasteiger partial charge in [-0.3, -0.25) is 9.59 Å². The predicted octanol–water partition coefficient (Wildman–Crippen LogP) is -3.79. The third kappa shape index (κ3) is 7.55. The predicted molar refractivity (Wildman–Crippen MR) is 124 cm³/mol. The van der Waals surface area contributed by atoms with Crippen LogP contribution in [0.2, 0.25) is 0 Å². The van der Waals surface area contributed by atoms with Crippen molar-refractivity contribution >= 4 is 17.8 Å². The summed E-state index contributed by atoms with van der Waals surface area (Å²) in [5.41, 5.74) is 5.92. The molecule has 2 rings (SSSR count). The van der Waals surface area contributed by atoms with Crippen molar-refractivity contribution in [2.24, 2.45) is 5.73 Å². The van der Waals surface area contributed by atoms with E-state index in [9.17, 15) is 45.0 Å². The molecule has 0 aromatic heterocycles. The van der Waals surface area contributed by atoms with Crippen molar-refractivity contribution < 1.29 is 49.8 Å². The summed E-state index contributed by atoms with van der Waals surface area (Å²) in [5, 5.41) is 64.2. The fourth-order valence-electron chi connectivity index (χ4n) is 4.48. The summed E-state index contributed by atoms with van der Waals surface area (Å²) in [5.74, 6) is -4.15. The molecule has 36 heavy (non-hydrogen) atoms. The van der Waals surface area contributed by atoms with Gasteiger partial charge in [0, 0.05) is 19.5 Å². The molecular formula is C22H40N4O10. The van der Waals surface area contributed by atoms with Gasteiger partial charge >= 0.3 is 5.97 Å². The molecular weight excluding hydrogens is 480 g/mol. The van der Waals surface area contributed by atoms with Crippen molar-refractivity contribution in [3.05, 3.63) is 0 Å². The van der Waals surface area contributed by atoms with Gasteiger partial charge in [-0.1, -0.05) is 6.42 Å². The number of nitrogens with two attached hydrogens (primary N) is 1. The minimum Gasteiger partial charge on any atom is -0.480 e. The third-order valence-electron chi connectivity index (χ3n) is 6.72. The second-order valence-corrected chi connectivity index (χ2v) is 9.47. The first-order valence-corrected chi connectivity index (χ1v) is 12.3. The number of likely N-dealkylation sites (tertiary alicyclic amines) is 1. The molecule has 2 aliphatic heterocycles. The Bertz CT molecular complexity index is 756. The molecule has 0 aromatic carbocycles. The molecule has 2 unspecified atom stereocenters. The van der Waals surface area contributed by atoms with Crippen LogP contribution in [0.3, 0.4) is 0 Å². The van der Waals surface area contributed by atoms with Gasteiger partial charge in [0.2, 0.25) is 11.8 Å². The molecule has 208 valence electrons. The summed E-state index contributed by atoms with van der Waals surface area (Å²) in [6.07, 6.45) is -3.73. The summed E-state index contributed by atoms with van der Waals surface area (Å²) in [6.45, 7) is 1.90.